The number of hydrogen-bond donors (Lipinski definition) is 1. The Labute approximate surface area is 110 Å². The second kappa shape index (κ2) is 5.14. The van der Waals surface area contributed by atoms with Crippen molar-refractivity contribution >= 4 is 6.21 Å². The molecule has 4 atom stereocenters. The third-order valence-corrected chi connectivity index (χ3v) is 4.99. The van der Waals surface area contributed by atoms with Crippen molar-refractivity contribution < 1.29 is 5.11 Å². The third kappa shape index (κ3) is 2.04. The molecule has 1 fully saturated rings. The molecule has 0 radical (unpaired) electrons. The Morgan fingerprint density at radius 1 is 1.44 bits per heavy atom. The summed E-state index contributed by atoms with van der Waals surface area (Å²) in [7, 11) is 0. The Bertz CT molecular complexity index is 364. The molecule has 1 saturated heterocycles. The largest absolute Gasteiger partial charge is 0.381 e. The van der Waals surface area contributed by atoms with Crippen molar-refractivity contribution in [1.29, 1.82) is 0 Å². The number of likely N-dealkylation sites (tertiary alicyclic amines) is 1. The van der Waals surface area contributed by atoms with E-state index in [1.807, 2.05) is 0 Å². The molecular weight excluding hydrogens is 224 g/mol. The Hall–Kier alpha value is -0.670. The maximum absolute atomic E-state index is 9.36. The normalized spacial score (nSPS) is 39.3. The van der Waals surface area contributed by atoms with Crippen LogP contribution in [0.3, 0.4) is 0 Å². The van der Waals surface area contributed by atoms with Gasteiger partial charge in [0.15, 0.2) is 0 Å². The molecule has 100 valence electrons. The average Bonchev–Trinajstić information content (AvgIpc) is 2.81. The smallest absolute Gasteiger partial charge is 0.0956 e. The monoisotopic (exact) mass is 248 g/mol. The zero-order chi connectivity index (χ0) is 12.5. The molecular formula is C15H24N2O. The van der Waals surface area contributed by atoms with Crippen LogP contribution in [0.1, 0.15) is 32.6 Å². The van der Waals surface area contributed by atoms with Gasteiger partial charge in [-0.15, -0.1) is 0 Å². The first-order valence-corrected chi connectivity index (χ1v) is 7.41. The molecule has 3 nitrogen and oxygen atoms in total. The maximum Gasteiger partial charge on any atom is 0.0956 e. The SMILES string of the molecule is CCCC1C2CCC=NC2=C[C@@H]2CN(CO)C[C@@H]12. The molecule has 1 N–H and O–H groups in total. The molecule has 0 aromatic heterocycles. The van der Waals surface area contributed by atoms with Gasteiger partial charge in [0, 0.05) is 30.9 Å². The van der Waals surface area contributed by atoms with Crippen LogP contribution in [-0.4, -0.2) is 36.0 Å². The van der Waals surface area contributed by atoms with E-state index in [0.717, 1.165) is 31.3 Å². The predicted octanol–water partition coefficient (Wildman–Crippen LogP) is 2.28. The number of allylic oxidation sites excluding steroid dienone is 1. The summed E-state index contributed by atoms with van der Waals surface area (Å²) >= 11 is 0. The van der Waals surface area contributed by atoms with Crippen molar-refractivity contribution in [1.82, 2.24) is 4.90 Å². The van der Waals surface area contributed by atoms with E-state index in [2.05, 4.69) is 29.1 Å². The van der Waals surface area contributed by atoms with Crippen molar-refractivity contribution in [3.8, 4) is 0 Å². The number of fused-ring (bicyclic) bond motifs is 2. The molecule has 18 heavy (non-hydrogen) atoms. The quantitative estimate of drug-likeness (QED) is 0.831. The molecule has 0 bridgehead atoms. The Morgan fingerprint density at radius 2 is 2.33 bits per heavy atom. The first kappa shape index (κ1) is 12.4. The summed E-state index contributed by atoms with van der Waals surface area (Å²) in [5.41, 5.74) is 1.35. The van der Waals surface area contributed by atoms with Crippen LogP contribution in [-0.2, 0) is 0 Å². The van der Waals surface area contributed by atoms with Gasteiger partial charge in [-0.25, -0.2) is 0 Å². The summed E-state index contributed by atoms with van der Waals surface area (Å²) in [5.74, 6) is 2.85. The van der Waals surface area contributed by atoms with Gasteiger partial charge in [0.05, 0.1) is 6.73 Å². The fourth-order valence-corrected chi connectivity index (χ4v) is 4.22. The molecule has 0 aromatic carbocycles. The van der Waals surface area contributed by atoms with E-state index in [9.17, 15) is 5.11 Å². The lowest BCUT2D eigenvalue weighted by Gasteiger charge is -2.39. The fourth-order valence-electron chi connectivity index (χ4n) is 4.22. The number of rotatable bonds is 3. The Morgan fingerprint density at radius 3 is 3.11 bits per heavy atom. The molecule has 3 aliphatic rings. The van der Waals surface area contributed by atoms with Crippen LogP contribution in [0, 0.1) is 23.7 Å². The van der Waals surface area contributed by atoms with E-state index in [0.29, 0.717) is 11.8 Å². The second-order valence-corrected chi connectivity index (χ2v) is 6.04. The molecule has 2 unspecified atom stereocenters. The summed E-state index contributed by atoms with van der Waals surface area (Å²) in [4.78, 5) is 6.84. The minimum atomic E-state index is 0.211. The van der Waals surface area contributed by atoms with Crippen molar-refractivity contribution in [2.45, 2.75) is 32.6 Å². The van der Waals surface area contributed by atoms with Gasteiger partial charge in [0.2, 0.25) is 0 Å². The maximum atomic E-state index is 9.36. The van der Waals surface area contributed by atoms with Crippen LogP contribution in [0.15, 0.2) is 16.8 Å². The standard InChI is InChI=1S/C15H24N2O/c1-2-4-12-13-5-3-6-16-15(13)7-11-8-17(10-18)9-14(11)12/h6-7,11-14,18H,2-5,8-10H2,1H3/t11-,12?,13?,14-/m1/s1. The summed E-state index contributed by atoms with van der Waals surface area (Å²) < 4.78 is 0. The first-order chi connectivity index (χ1) is 8.83. The molecule has 0 amide bonds. The van der Waals surface area contributed by atoms with Crippen LogP contribution >= 0.6 is 0 Å². The summed E-state index contributed by atoms with van der Waals surface area (Å²) in [6.07, 6.45) is 9.50. The molecule has 2 aliphatic heterocycles. The number of aliphatic hydroxyl groups is 1. The van der Waals surface area contributed by atoms with Crippen molar-refractivity contribution in [2.75, 3.05) is 19.8 Å². The predicted molar refractivity (Wildman–Crippen MR) is 73.3 cm³/mol. The summed E-state index contributed by atoms with van der Waals surface area (Å²) in [6.45, 7) is 4.60. The Balaban J connectivity index is 1.87. The van der Waals surface area contributed by atoms with Gasteiger partial charge >= 0.3 is 0 Å². The third-order valence-electron chi connectivity index (χ3n) is 4.99. The minimum Gasteiger partial charge on any atom is -0.381 e. The van der Waals surface area contributed by atoms with Gasteiger partial charge in [-0.05, 0) is 37.0 Å². The molecule has 0 saturated carbocycles. The van der Waals surface area contributed by atoms with E-state index in [1.54, 1.807) is 0 Å². The number of hydrogen-bond acceptors (Lipinski definition) is 3. The zero-order valence-electron chi connectivity index (χ0n) is 11.3. The number of aliphatic hydroxyl groups excluding tert-OH is 1. The highest BCUT2D eigenvalue weighted by atomic mass is 16.3. The van der Waals surface area contributed by atoms with E-state index >= 15 is 0 Å². The molecule has 1 aliphatic carbocycles. The topological polar surface area (TPSA) is 35.8 Å². The molecule has 0 spiro atoms. The molecule has 3 rings (SSSR count). The van der Waals surface area contributed by atoms with Gasteiger partial charge in [0.25, 0.3) is 0 Å². The summed E-state index contributed by atoms with van der Waals surface area (Å²) in [6, 6.07) is 0. The Kier molecular flexibility index (Phi) is 3.53. The van der Waals surface area contributed by atoms with Gasteiger partial charge in [0.1, 0.15) is 0 Å². The molecule has 2 heterocycles. The summed E-state index contributed by atoms with van der Waals surface area (Å²) in [5, 5.41) is 9.36. The lowest BCUT2D eigenvalue weighted by atomic mass is 9.67. The average molecular weight is 248 g/mol. The van der Waals surface area contributed by atoms with E-state index in [-0.39, 0.29) is 6.73 Å². The van der Waals surface area contributed by atoms with Crippen LogP contribution in [0.2, 0.25) is 0 Å². The molecule has 3 heteroatoms. The lowest BCUT2D eigenvalue weighted by Crippen LogP contribution is -2.34. The van der Waals surface area contributed by atoms with Gasteiger partial charge < -0.3 is 5.11 Å². The highest BCUT2D eigenvalue weighted by Gasteiger charge is 2.44. The first-order valence-electron chi connectivity index (χ1n) is 7.41. The van der Waals surface area contributed by atoms with Crippen LogP contribution in [0.25, 0.3) is 0 Å². The van der Waals surface area contributed by atoms with E-state index in [1.165, 1.54) is 25.0 Å². The lowest BCUT2D eigenvalue weighted by molar-refractivity contribution is 0.118. The van der Waals surface area contributed by atoms with Crippen LogP contribution < -0.4 is 0 Å². The highest BCUT2D eigenvalue weighted by Crippen LogP contribution is 2.47. The van der Waals surface area contributed by atoms with Crippen molar-refractivity contribution in [3.63, 3.8) is 0 Å². The fraction of sp³-hybridized carbons (Fsp3) is 0.800. The van der Waals surface area contributed by atoms with E-state index < -0.39 is 0 Å². The van der Waals surface area contributed by atoms with Gasteiger partial charge in [-0.3, -0.25) is 9.89 Å². The van der Waals surface area contributed by atoms with Crippen LogP contribution in [0.5, 0.6) is 0 Å². The second-order valence-electron chi connectivity index (χ2n) is 6.04. The van der Waals surface area contributed by atoms with E-state index in [4.69, 9.17) is 0 Å². The number of nitrogens with zero attached hydrogens (tertiary/aromatic N) is 2. The van der Waals surface area contributed by atoms with Crippen LogP contribution in [0.4, 0.5) is 0 Å². The zero-order valence-corrected chi connectivity index (χ0v) is 11.3. The van der Waals surface area contributed by atoms with Crippen molar-refractivity contribution in [3.05, 3.63) is 11.8 Å². The number of aliphatic imine (C=N–C) groups is 1. The van der Waals surface area contributed by atoms with Gasteiger partial charge in [-0.1, -0.05) is 19.4 Å². The molecule has 0 aromatic rings. The minimum absolute atomic E-state index is 0.211. The highest BCUT2D eigenvalue weighted by molar-refractivity contribution is 5.61. The van der Waals surface area contributed by atoms with Gasteiger partial charge in [-0.2, -0.15) is 0 Å². The van der Waals surface area contributed by atoms with Crippen molar-refractivity contribution in [2.24, 2.45) is 28.7 Å².